The van der Waals surface area contributed by atoms with Gasteiger partial charge in [-0.15, -0.1) is 0 Å². The van der Waals surface area contributed by atoms with Crippen molar-refractivity contribution in [2.45, 2.75) is 18.9 Å². The highest BCUT2D eigenvalue weighted by molar-refractivity contribution is 5.94. The predicted octanol–water partition coefficient (Wildman–Crippen LogP) is 0.763. The third-order valence-electron chi connectivity index (χ3n) is 4.27. The molecule has 122 valence electrons. The molecular weight excluding hydrogens is 303 g/mol. The maximum absolute atomic E-state index is 13.7. The summed E-state index contributed by atoms with van der Waals surface area (Å²) in [6.07, 6.45) is 1.28. The standard InChI is InChI=1S/C15H17FN4O3/c16-12-7-9(1-3-11(12)14(17)22)18-15(23)19-5-6-20-10(8-19)2-4-13(20)21/h1,3,7,10H,2,4-6,8H2,(H2,17,22)(H,18,23). The summed E-state index contributed by atoms with van der Waals surface area (Å²) >= 11 is 0. The fraction of sp³-hybridized carbons (Fsp3) is 0.400. The Labute approximate surface area is 132 Å². The molecule has 4 amide bonds. The first-order valence-electron chi connectivity index (χ1n) is 7.40. The lowest BCUT2D eigenvalue weighted by Crippen LogP contribution is -2.54. The van der Waals surface area contributed by atoms with Crippen molar-refractivity contribution < 1.29 is 18.8 Å². The lowest BCUT2D eigenvalue weighted by Gasteiger charge is -2.37. The highest BCUT2D eigenvalue weighted by atomic mass is 19.1. The third kappa shape index (κ3) is 2.96. The minimum atomic E-state index is -0.859. The molecule has 0 aliphatic carbocycles. The molecule has 2 aliphatic rings. The van der Waals surface area contributed by atoms with Gasteiger partial charge in [-0.2, -0.15) is 0 Å². The molecule has 7 nitrogen and oxygen atoms in total. The van der Waals surface area contributed by atoms with Crippen LogP contribution in [0.3, 0.4) is 0 Å². The van der Waals surface area contributed by atoms with E-state index in [0.29, 0.717) is 26.1 Å². The van der Waals surface area contributed by atoms with Gasteiger partial charge < -0.3 is 20.9 Å². The van der Waals surface area contributed by atoms with Crippen LogP contribution in [0.25, 0.3) is 0 Å². The summed E-state index contributed by atoms with van der Waals surface area (Å²) < 4.78 is 13.7. The quantitative estimate of drug-likeness (QED) is 0.842. The number of piperazine rings is 1. The predicted molar refractivity (Wildman–Crippen MR) is 80.2 cm³/mol. The van der Waals surface area contributed by atoms with Gasteiger partial charge in [0, 0.05) is 37.8 Å². The molecule has 2 heterocycles. The Morgan fingerprint density at radius 1 is 1.30 bits per heavy atom. The van der Waals surface area contributed by atoms with E-state index in [0.717, 1.165) is 12.5 Å². The number of halogens is 1. The minimum absolute atomic E-state index is 0.0657. The van der Waals surface area contributed by atoms with Gasteiger partial charge in [-0.25, -0.2) is 9.18 Å². The second kappa shape index (κ2) is 5.86. The summed E-state index contributed by atoms with van der Waals surface area (Å²) in [6, 6.07) is 3.44. The number of hydrogen-bond acceptors (Lipinski definition) is 3. The first-order chi connectivity index (χ1) is 11.0. The number of carbonyl (C=O) groups is 3. The average Bonchev–Trinajstić information content (AvgIpc) is 2.88. The Balaban J connectivity index is 1.64. The molecule has 23 heavy (non-hydrogen) atoms. The van der Waals surface area contributed by atoms with E-state index in [-0.39, 0.29) is 29.2 Å². The Bertz CT molecular complexity index is 679. The summed E-state index contributed by atoms with van der Waals surface area (Å²) in [4.78, 5) is 38.3. The number of rotatable bonds is 2. The van der Waals surface area contributed by atoms with Gasteiger partial charge in [-0.05, 0) is 24.6 Å². The van der Waals surface area contributed by atoms with Crippen LogP contribution in [0.2, 0.25) is 0 Å². The molecule has 1 atom stereocenters. The number of hydrogen-bond donors (Lipinski definition) is 2. The molecule has 3 rings (SSSR count). The van der Waals surface area contributed by atoms with Crippen LogP contribution in [0.4, 0.5) is 14.9 Å². The number of amides is 4. The molecule has 8 heteroatoms. The minimum Gasteiger partial charge on any atom is -0.366 e. The monoisotopic (exact) mass is 320 g/mol. The number of nitrogens with zero attached hydrogens (tertiary/aromatic N) is 2. The Hall–Kier alpha value is -2.64. The number of nitrogens with two attached hydrogens (primary N) is 1. The number of urea groups is 1. The number of primary amides is 1. The zero-order chi connectivity index (χ0) is 16.6. The van der Waals surface area contributed by atoms with E-state index in [4.69, 9.17) is 5.73 Å². The molecule has 2 fully saturated rings. The van der Waals surface area contributed by atoms with Crippen LogP contribution in [-0.2, 0) is 4.79 Å². The molecule has 0 radical (unpaired) electrons. The van der Waals surface area contributed by atoms with Crippen molar-refractivity contribution in [2.75, 3.05) is 25.0 Å². The molecule has 0 aromatic heterocycles. The van der Waals surface area contributed by atoms with Gasteiger partial charge in [0.15, 0.2) is 0 Å². The van der Waals surface area contributed by atoms with E-state index in [9.17, 15) is 18.8 Å². The molecule has 3 N–H and O–H groups in total. The van der Waals surface area contributed by atoms with Crippen LogP contribution in [-0.4, -0.2) is 53.3 Å². The van der Waals surface area contributed by atoms with Crippen molar-refractivity contribution >= 4 is 23.5 Å². The molecular formula is C15H17FN4O3. The van der Waals surface area contributed by atoms with Crippen LogP contribution < -0.4 is 11.1 Å². The number of benzene rings is 1. The number of anilines is 1. The fourth-order valence-corrected chi connectivity index (χ4v) is 3.04. The summed E-state index contributed by atoms with van der Waals surface area (Å²) in [5.41, 5.74) is 5.07. The summed E-state index contributed by atoms with van der Waals surface area (Å²) in [5.74, 6) is -1.50. The third-order valence-corrected chi connectivity index (χ3v) is 4.27. The van der Waals surface area contributed by atoms with Gasteiger partial charge in [0.05, 0.1) is 5.56 Å². The molecule has 0 bridgehead atoms. The maximum atomic E-state index is 13.7. The van der Waals surface area contributed by atoms with Gasteiger partial charge in [0.1, 0.15) is 5.82 Å². The largest absolute Gasteiger partial charge is 0.366 e. The maximum Gasteiger partial charge on any atom is 0.321 e. The fourth-order valence-electron chi connectivity index (χ4n) is 3.04. The Morgan fingerprint density at radius 3 is 2.78 bits per heavy atom. The van der Waals surface area contributed by atoms with Gasteiger partial charge >= 0.3 is 6.03 Å². The van der Waals surface area contributed by atoms with Crippen molar-refractivity contribution in [2.24, 2.45) is 5.73 Å². The van der Waals surface area contributed by atoms with Crippen molar-refractivity contribution in [1.82, 2.24) is 9.80 Å². The van der Waals surface area contributed by atoms with Crippen LogP contribution in [0.15, 0.2) is 18.2 Å². The molecule has 0 spiro atoms. The lowest BCUT2D eigenvalue weighted by atomic mass is 10.1. The second-order valence-corrected chi connectivity index (χ2v) is 5.71. The number of carbonyl (C=O) groups excluding carboxylic acids is 3. The summed E-state index contributed by atoms with van der Waals surface area (Å²) in [5, 5.41) is 2.60. The van der Waals surface area contributed by atoms with E-state index in [2.05, 4.69) is 5.32 Å². The van der Waals surface area contributed by atoms with Gasteiger partial charge in [-0.1, -0.05) is 0 Å². The van der Waals surface area contributed by atoms with Crippen LogP contribution >= 0.6 is 0 Å². The molecule has 1 aromatic rings. The summed E-state index contributed by atoms with van der Waals surface area (Å²) in [6.45, 7) is 1.43. The van der Waals surface area contributed by atoms with Crippen molar-refractivity contribution in [1.29, 1.82) is 0 Å². The molecule has 1 aromatic carbocycles. The normalized spacial score (nSPS) is 20.4. The highest BCUT2D eigenvalue weighted by Gasteiger charge is 2.36. The lowest BCUT2D eigenvalue weighted by molar-refractivity contribution is -0.130. The van der Waals surface area contributed by atoms with Gasteiger partial charge in [-0.3, -0.25) is 9.59 Å². The Morgan fingerprint density at radius 2 is 2.09 bits per heavy atom. The van der Waals surface area contributed by atoms with E-state index in [1.807, 2.05) is 4.90 Å². The van der Waals surface area contributed by atoms with E-state index in [1.165, 1.54) is 12.1 Å². The molecule has 1 unspecified atom stereocenters. The van der Waals surface area contributed by atoms with Crippen molar-refractivity contribution in [3.63, 3.8) is 0 Å². The number of fused-ring (bicyclic) bond motifs is 1. The van der Waals surface area contributed by atoms with Crippen LogP contribution in [0.1, 0.15) is 23.2 Å². The van der Waals surface area contributed by atoms with Crippen LogP contribution in [0.5, 0.6) is 0 Å². The zero-order valence-electron chi connectivity index (χ0n) is 12.4. The van der Waals surface area contributed by atoms with Gasteiger partial charge in [0.2, 0.25) is 5.91 Å². The van der Waals surface area contributed by atoms with Crippen LogP contribution in [0, 0.1) is 5.82 Å². The SMILES string of the molecule is NC(=O)c1ccc(NC(=O)N2CCN3C(=O)CCC3C2)cc1F. The van der Waals surface area contributed by atoms with Gasteiger partial charge in [0.25, 0.3) is 5.91 Å². The van der Waals surface area contributed by atoms with Crippen molar-refractivity contribution in [3.05, 3.63) is 29.6 Å². The van der Waals surface area contributed by atoms with E-state index < -0.39 is 11.7 Å². The average molecular weight is 320 g/mol. The smallest absolute Gasteiger partial charge is 0.321 e. The van der Waals surface area contributed by atoms with E-state index >= 15 is 0 Å². The van der Waals surface area contributed by atoms with Crippen molar-refractivity contribution in [3.8, 4) is 0 Å². The topological polar surface area (TPSA) is 95.7 Å². The summed E-state index contributed by atoms with van der Waals surface area (Å²) in [7, 11) is 0. The number of nitrogens with one attached hydrogen (secondary N) is 1. The molecule has 2 aliphatic heterocycles. The molecule has 0 saturated carbocycles. The highest BCUT2D eigenvalue weighted by Crippen LogP contribution is 2.23. The Kier molecular flexibility index (Phi) is 3.89. The molecule has 2 saturated heterocycles. The van der Waals surface area contributed by atoms with E-state index in [1.54, 1.807) is 4.90 Å². The first-order valence-corrected chi connectivity index (χ1v) is 7.40. The first kappa shape index (κ1) is 15.3. The zero-order valence-corrected chi connectivity index (χ0v) is 12.4. The second-order valence-electron chi connectivity index (χ2n) is 5.71.